The SMILES string of the molecule is CCOc1ccc(-c2nnc(S[C@@H](C)C(=O)N3CCCC3)n2N)cc1. The van der Waals surface area contributed by atoms with Crippen molar-refractivity contribution in [1.82, 2.24) is 19.8 Å². The molecular weight excluding hydrogens is 338 g/mol. The van der Waals surface area contributed by atoms with Gasteiger partial charge in [0.2, 0.25) is 11.1 Å². The van der Waals surface area contributed by atoms with Crippen molar-refractivity contribution in [3.8, 4) is 17.1 Å². The minimum absolute atomic E-state index is 0.133. The summed E-state index contributed by atoms with van der Waals surface area (Å²) >= 11 is 1.34. The molecule has 1 aliphatic heterocycles. The van der Waals surface area contributed by atoms with Crippen LogP contribution < -0.4 is 10.6 Å². The molecule has 0 spiro atoms. The number of ether oxygens (including phenoxy) is 1. The maximum Gasteiger partial charge on any atom is 0.235 e. The summed E-state index contributed by atoms with van der Waals surface area (Å²) in [5, 5.41) is 8.61. The van der Waals surface area contributed by atoms with Crippen molar-refractivity contribution in [3.05, 3.63) is 24.3 Å². The Morgan fingerprint density at radius 2 is 1.96 bits per heavy atom. The molecule has 8 heteroatoms. The monoisotopic (exact) mass is 361 g/mol. The highest BCUT2D eigenvalue weighted by atomic mass is 32.2. The van der Waals surface area contributed by atoms with E-state index in [0.717, 1.165) is 37.2 Å². The largest absolute Gasteiger partial charge is 0.494 e. The van der Waals surface area contributed by atoms with Crippen LogP contribution in [0.1, 0.15) is 26.7 Å². The molecule has 7 nitrogen and oxygen atoms in total. The van der Waals surface area contributed by atoms with Crippen LogP contribution in [-0.4, -0.2) is 50.6 Å². The number of aromatic nitrogens is 3. The van der Waals surface area contributed by atoms with E-state index in [9.17, 15) is 4.79 Å². The van der Waals surface area contributed by atoms with E-state index in [1.54, 1.807) is 0 Å². The van der Waals surface area contributed by atoms with Crippen LogP contribution in [0, 0.1) is 0 Å². The second-order valence-electron chi connectivity index (χ2n) is 5.93. The van der Waals surface area contributed by atoms with Gasteiger partial charge in [-0.15, -0.1) is 10.2 Å². The summed E-state index contributed by atoms with van der Waals surface area (Å²) in [4.78, 5) is 14.3. The number of benzene rings is 1. The van der Waals surface area contributed by atoms with Crippen LogP contribution in [0.3, 0.4) is 0 Å². The number of rotatable bonds is 6. The third-order valence-electron chi connectivity index (χ3n) is 4.14. The number of amides is 1. The van der Waals surface area contributed by atoms with Gasteiger partial charge in [-0.05, 0) is 51.0 Å². The van der Waals surface area contributed by atoms with Crippen LogP contribution in [0.25, 0.3) is 11.4 Å². The van der Waals surface area contributed by atoms with Gasteiger partial charge in [-0.25, -0.2) is 4.68 Å². The minimum Gasteiger partial charge on any atom is -0.494 e. The molecule has 1 aliphatic rings. The lowest BCUT2D eigenvalue weighted by atomic mass is 10.2. The van der Waals surface area contributed by atoms with Crippen molar-refractivity contribution >= 4 is 17.7 Å². The van der Waals surface area contributed by atoms with Crippen LogP contribution in [-0.2, 0) is 4.79 Å². The number of carbonyl (C=O) groups is 1. The van der Waals surface area contributed by atoms with Gasteiger partial charge in [0.25, 0.3) is 0 Å². The highest BCUT2D eigenvalue weighted by Gasteiger charge is 2.26. The quantitative estimate of drug-likeness (QED) is 0.627. The Hall–Kier alpha value is -2.22. The fourth-order valence-corrected chi connectivity index (χ4v) is 3.68. The number of hydrogen-bond donors (Lipinski definition) is 1. The van der Waals surface area contributed by atoms with E-state index in [0.29, 0.717) is 17.6 Å². The van der Waals surface area contributed by atoms with Crippen LogP contribution in [0.5, 0.6) is 5.75 Å². The molecule has 0 saturated carbocycles. The minimum atomic E-state index is -0.238. The summed E-state index contributed by atoms with van der Waals surface area (Å²) in [5.74, 6) is 7.64. The molecule has 0 bridgehead atoms. The van der Waals surface area contributed by atoms with E-state index in [4.69, 9.17) is 10.6 Å². The standard InChI is InChI=1S/C17H23N5O2S/c1-3-24-14-8-6-13(7-9-14)15-19-20-17(22(15)18)25-12(2)16(23)21-10-4-5-11-21/h6-9,12H,3-5,10-11,18H2,1-2H3/t12-/m0/s1. The van der Waals surface area contributed by atoms with E-state index >= 15 is 0 Å². The average molecular weight is 361 g/mol. The Morgan fingerprint density at radius 3 is 2.60 bits per heavy atom. The van der Waals surface area contributed by atoms with E-state index in [2.05, 4.69) is 10.2 Å². The first-order valence-electron chi connectivity index (χ1n) is 8.49. The highest BCUT2D eigenvalue weighted by molar-refractivity contribution is 8.00. The van der Waals surface area contributed by atoms with Crippen molar-refractivity contribution in [2.24, 2.45) is 0 Å². The maximum absolute atomic E-state index is 12.4. The summed E-state index contributed by atoms with van der Waals surface area (Å²) in [5.41, 5.74) is 0.851. The Balaban J connectivity index is 1.71. The average Bonchev–Trinajstić information content (AvgIpc) is 3.26. The number of nitrogen functional groups attached to an aromatic ring is 1. The molecule has 3 rings (SSSR count). The Bertz CT molecular complexity index is 725. The molecule has 134 valence electrons. The van der Waals surface area contributed by atoms with E-state index in [-0.39, 0.29) is 11.2 Å². The summed E-state index contributed by atoms with van der Waals surface area (Å²) in [7, 11) is 0. The van der Waals surface area contributed by atoms with Gasteiger partial charge in [0.05, 0.1) is 11.9 Å². The molecule has 1 atom stereocenters. The first-order chi connectivity index (χ1) is 12.1. The number of nitrogens with two attached hydrogens (primary N) is 1. The number of thioether (sulfide) groups is 1. The van der Waals surface area contributed by atoms with Crippen LogP contribution in [0.4, 0.5) is 0 Å². The Morgan fingerprint density at radius 1 is 1.28 bits per heavy atom. The van der Waals surface area contributed by atoms with Crippen molar-refractivity contribution in [2.45, 2.75) is 37.1 Å². The predicted molar refractivity (Wildman–Crippen MR) is 97.9 cm³/mol. The van der Waals surface area contributed by atoms with Crippen molar-refractivity contribution < 1.29 is 9.53 Å². The smallest absolute Gasteiger partial charge is 0.235 e. The lowest BCUT2D eigenvalue weighted by Gasteiger charge is -2.19. The lowest BCUT2D eigenvalue weighted by molar-refractivity contribution is -0.129. The zero-order chi connectivity index (χ0) is 17.8. The van der Waals surface area contributed by atoms with Gasteiger partial charge >= 0.3 is 0 Å². The molecule has 1 amide bonds. The number of hydrogen-bond acceptors (Lipinski definition) is 6. The lowest BCUT2D eigenvalue weighted by Crippen LogP contribution is -2.34. The Kier molecular flexibility index (Phi) is 5.47. The molecule has 25 heavy (non-hydrogen) atoms. The second-order valence-corrected chi connectivity index (χ2v) is 7.23. The fraction of sp³-hybridized carbons (Fsp3) is 0.471. The van der Waals surface area contributed by atoms with Crippen LogP contribution >= 0.6 is 11.8 Å². The summed E-state index contributed by atoms with van der Waals surface area (Å²) in [6, 6.07) is 7.54. The van der Waals surface area contributed by atoms with E-state index in [1.807, 2.05) is 43.0 Å². The first kappa shape index (κ1) is 17.6. The maximum atomic E-state index is 12.4. The molecule has 1 saturated heterocycles. The zero-order valence-corrected chi connectivity index (χ0v) is 15.3. The molecule has 2 N–H and O–H groups in total. The molecule has 2 aromatic rings. The number of carbonyl (C=O) groups excluding carboxylic acids is 1. The van der Waals surface area contributed by atoms with Crippen molar-refractivity contribution in [1.29, 1.82) is 0 Å². The third kappa shape index (κ3) is 3.89. The molecule has 0 radical (unpaired) electrons. The normalized spacial score (nSPS) is 15.4. The second kappa shape index (κ2) is 7.77. The topological polar surface area (TPSA) is 86.3 Å². The summed E-state index contributed by atoms with van der Waals surface area (Å²) < 4.78 is 6.88. The summed E-state index contributed by atoms with van der Waals surface area (Å²) in [6.07, 6.45) is 2.16. The van der Waals surface area contributed by atoms with Crippen LogP contribution in [0.2, 0.25) is 0 Å². The molecule has 1 aromatic heterocycles. The zero-order valence-electron chi connectivity index (χ0n) is 14.5. The number of likely N-dealkylation sites (tertiary alicyclic amines) is 1. The van der Waals surface area contributed by atoms with Gasteiger partial charge in [-0.2, -0.15) is 0 Å². The number of nitrogens with zero attached hydrogens (tertiary/aromatic N) is 4. The molecule has 1 aromatic carbocycles. The van der Waals surface area contributed by atoms with E-state index < -0.39 is 0 Å². The first-order valence-corrected chi connectivity index (χ1v) is 9.37. The molecular formula is C17H23N5O2S. The van der Waals surface area contributed by atoms with Gasteiger partial charge in [0.15, 0.2) is 5.82 Å². The highest BCUT2D eigenvalue weighted by Crippen LogP contribution is 2.27. The molecule has 2 heterocycles. The van der Waals surface area contributed by atoms with Gasteiger partial charge in [-0.3, -0.25) is 4.79 Å². The van der Waals surface area contributed by atoms with Gasteiger partial charge in [0.1, 0.15) is 5.75 Å². The third-order valence-corrected chi connectivity index (χ3v) is 5.18. The molecule has 0 aliphatic carbocycles. The predicted octanol–water partition coefficient (Wildman–Crippen LogP) is 2.16. The molecule has 0 unspecified atom stereocenters. The van der Waals surface area contributed by atoms with Crippen molar-refractivity contribution in [2.75, 3.05) is 25.5 Å². The molecule has 1 fully saturated rings. The van der Waals surface area contributed by atoms with Gasteiger partial charge in [-0.1, -0.05) is 11.8 Å². The summed E-state index contributed by atoms with van der Waals surface area (Å²) in [6.45, 7) is 6.14. The Labute approximate surface area is 151 Å². The van der Waals surface area contributed by atoms with Crippen LogP contribution in [0.15, 0.2) is 29.4 Å². The van der Waals surface area contributed by atoms with Gasteiger partial charge in [0, 0.05) is 18.7 Å². The van der Waals surface area contributed by atoms with E-state index in [1.165, 1.54) is 16.4 Å². The van der Waals surface area contributed by atoms with Crippen molar-refractivity contribution in [3.63, 3.8) is 0 Å². The van der Waals surface area contributed by atoms with Gasteiger partial charge < -0.3 is 15.5 Å². The fourth-order valence-electron chi connectivity index (χ4n) is 2.82.